The van der Waals surface area contributed by atoms with Gasteiger partial charge in [-0.15, -0.1) is 0 Å². The number of fused-ring (bicyclic) bond motifs is 3. The molecule has 64 valence electrons. The first-order valence-electron chi connectivity index (χ1n) is 3.95. The maximum absolute atomic E-state index is 5.90. The molecule has 0 saturated carbocycles. The number of rotatable bonds is 0. The Morgan fingerprint density at radius 1 is 1.38 bits per heavy atom. The Morgan fingerprint density at radius 3 is 3.23 bits per heavy atom. The Kier molecular flexibility index (Phi) is 1.21. The van der Waals surface area contributed by atoms with Gasteiger partial charge in [-0.1, -0.05) is 11.6 Å². The second-order valence-corrected chi connectivity index (χ2v) is 3.34. The molecule has 0 spiro atoms. The highest BCUT2D eigenvalue weighted by molar-refractivity contribution is 6.31. The first kappa shape index (κ1) is 6.97. The van der Waals surface area contributed by atoms with E-state index in [0.717, 1.165) is 21.8 Å². The maximum Gasteiger partial charge on any atom is 0.212 e. The quantitative estimate of drug-likeness (QED) is 0.582. The zero-order chi connectivity index (χ0) is 8.84. The van der Waals surface area contributed by atoms with Crippen LogP contribution in [-0.4, -0.2) is 14.4 Å². The van der Waals surface area contributed by atoms with Crippen molar-refractivity contribution in [2.75, 3.05) is 0 Å². The van der Waals surface area contributed by atoms with Crippen molar-refractivity contribution in [3.8, 4) is 0 Å². The minimum absolute atomic E-state index is 0.738. The first-order valence-corrected chi connectivity index (χ1v) is 4.33. The van der Waals surface area contributed by atoms with E-state index in [-0.39, 0.29) is 0 Å². The number of H-pyrrole nitrogens is 1. The van der Waals surface area contributed by atoms with E-state index >= 15 is 0 Å². The summed E-state index contributed by atoms with van der Waals surface area (Å²) in [5.41, 5.74) is 2.10. The molecule has 4 heteroatoms. The van der Waals surface area contributed by atoms with E-state index in [1.807, 2.05) is 28.8 Å². The molecule has 0 aliphatic carbocycles. The summed E-state index contributed by atoms with van der Waals surface area (Å²) in [5.74, 6) is 0.845. The van der Waals surface area contributed by atoms with Crippen LogP contribution in [-0.2, 0) is 0 Å². The summed E-state index contributed by atoms with van der Waals surface area (Å²) in [4.78, 5) is 7.33. The fourth-order valence-electron chi connectivity index (χ4n) is 1.52. The number of hydrogen-bond acceptors (Lipinski definition) is 1. The van der Waals surface area contributed by atoms with Gasteiger partial charge in [-0.25, -0.2) is 4.98 Å². The van der Waals surface area contributed by atoms with Crippen molar-refractivity contribution in [2.24, 2.45) is 0 Å². The Bertz CT molecular complexity index is 579. The van der Waals surface area contributed by atoms with Crippen molar-refractivity contribution in [2.45, 2.75) is 0 Å². The zero-order valence-electron chi connectivity index (χ0n) is 6.66. The van der Waals surface area contributed by atoms with Crippen molar-refractivity contribution >= 4 is 28.4 Å². The van der Waals surface area contributed by atoms with Crippen LogP contribution >= 0.6 is 11.6 Å². The Balaban J connectivity index is 2.61. The van der Waals surface area contributed by atoms with Crippen LogP contribution in [0.25, 0.3) is 16.8 Å². The first-order chi connectivity index (χ1) is 6.34. The molecule has 0 unspecified atom stereocenters. The fraction of sp³-hybridized carbons (Fsp3) is 0. The molecule has 1 aromatic carbocycles. The molecule has 0 radical (unpaired) electrons. The third-order valence-electron chi connectivity index (χ3n) is 2.11. The largest absolute Gasteiger partial charge is 0.323 e. The summed E-state index contributed by atoms with van der Waals surface area (Å²) < 4.78 is 1.97. The number of aromatic nitrogens is 3. The number of aromatic amines is 1. The molecule has 3 nitrogen and oxygen atoms in total. The molecule has 0 amide bonds. The van der Waals surface area contributed by atoms with E-state index in [9.17, 15) is 0 Å². The van der Waals surface area contributed by atoms with Gasteiger partial charge in [-0.05, 0) is 18.2 Å². The Labute approximate surface area is 79.0 Å². The highest BCUT2D eigenvalue weighted by Crippen LogP contribution is 2.19. The second kappa shape index (κ2) is 2.26. The lowest BCUT2D eigenvalue weighted by molar-refractivity contribution is 1.25. The summed E-state index contributed by atoms with van der Waals surface area (Å²) in [5, 5.41) is 0.738. The van der Waals surface area contributed by atoms with E-state index < -0.39 is 0 Å². The van der Waals surface area contributed by atoms with Crippen molar-refractivity contribution in [1.82, 2.24) is 14.4 Å². The van der Waals surface area contributed by atoms with Crippen LogP contribution in [0.4, 0.5) is 0 Å². The van der Waals surface area contributed by atoms with Gasteiger partial charge < -0.3 is 4.98 Å². The topological polar surface area (TPSA) is 33.1 Å². The van der Waals surface area contributed by atoms with Gasteiger partial charge in [0.2, 0.25) is 5.78 Å². The molecule has 0 atom stereocenters. The molecule has 0 bridgehead atoms. The van der Waals surface area contributed by atoms with Crippen LogP contribution in [0, 0.1) is 0 Å². The van der Waals surface area contributed by atoms with Gasteiger partial charge in [0.05, 0.1) is 11.0 Å². The van der Waals surface area contributed by atoms with Crippen molar-refractivity contribution in [3.63, 3.8) is 0 Å². The van der Waals surface area contributed by atoms with E-state index in [2.05, 4.69) is 9.97 Å². The maximum atomic E-state index is 5.90. The van der Waals surface area contributed by atoms with Gasteiger partial charge in [-0.3, -0.25) is 4.40 Å². The third-order valence-corrected chi connectivity index (χ3v) is 2.34. The van der Waals surface area contributed by atoms with Gasteiger partial charge in [0.1, 0.15) is 0 Å². The monoisotopic (exact) mass is 191 g/mol. The lowest BCUT2D eigenvalue weighted by Crippen LogP contribution is -1.75. The van der Waals surface area contributed by atoms with E-state index in [0.29, 0.717) is 0 Å². The van der Waals surface area contributed by atoms with Crippen LogP contribution in [0.1, 0.15) is 0 Å². The molecule has 3 rings (SSSR count). The molecule has 0 aliphatic heterocycles. The average Bonchev–Trinajstić information content (AvgIpc) is 2.64. The highest BCUT2D eigenvalue weighted by atomic mass is 35.5. The lowest BCUT2D eigenvalue weighted by Gasteiger charge is -1.90. The van der Waals surface area contributed by atoms with Gasteiger partial charge in [-0.2, -0.15) is 0 Å². The SMILES string of the molecule is Clc1ccc2[nH]c3nccn3c2c1. The zero-order valence-corrected chi connectivity index (χ0v) is 7.42. The second-order valence-electron chi connectivity index (χ2n) is 2.91. The average molecular weight is 192 g/mol. The number of nitrogens with zero attached hydrogens (tertiary/aromatic N) is 2. The minimum Gasteiger partial charge on any atom is -0.323 e. The third kappa shape index (κ3) is 0.876. The summed E-state index contributed by atoms with van der Waals surface area (Å²) in [6.45, 7) is 0. The van der Waals surface area contributed by atoms with Gasteiger partial charge in [0.15, 0.2) is 0 Å². The predicted octanol–water partition coefficient (Wildman–Crippen LogP) is 2.47. The standard InChI is InChI=1S/C9H6ClN3/c10-6-1-2-7-8(5-6)13-4-3-11-9(13)12-7/h1-5H,(H,11,12). The minimum atomic E-state index is 0.738. The van der Waals surface area contributed by atoms with Crippen molar-refractivity contribution in [3.05, 3.63) is 35.6 Å². The molecule has 3 aromatic rings. The van der Waals surface area contributed by atoms with Gasteiger partial charge >= 0.3 is 0 Å². The summed E-state index contributed by atoms with van der Waals surface area (Å²) in [6.07, 6.45) is 3.66. The van der Waals surface area contributed by atoms with Crippen LogP contribution in [0.3, 0.4) is 0 Å². The van der Waals surface area contributed by atoms with E-state index in [1.54, 1.807) is 6.20 Å². The lowest BCUT2D eigenvalue weighted by atomic mass is 10.3. The van der Waals surface area contributed by atoms with Crippen molar-refractivity contribution in [1.29, 1.82) is 0 Å². The van der Waals surface area contributed by atoms with Crippen LogP contribution in [0.15, 0.2) is 30.6 Å². The van der Waals surface area contributed by atoms with Crippen LogP contribution in [0.2, 0.25) is 5.02 Å². The molecule has 0 aliphatic rings. The van der Waals surface area contributed by atoms with Gasteiger partial charge in [0.25, 0.3) is 0 Å². The number of hydrogen-bond donors (Lipinski definition) is 1. The summed E-state index contributed by atoms with van der Waals surface area (Å²) >= 11 is 5.90. The summed E-state index contributed by atoms with van der Waals surface area (Å²) in [7, 11) is 0. The molecule has 2 aromatic heterocycles. The smallest absolute Gasteiger partial charge is 0.212 e. The Morgan fingerprint density at radius 2 is 2.31 bits per heavy atom. The number of benzene rings is 1. The van der Waals surface area contributed by atoms with Gasteiger partial charge in [0, 0.05) is 17.4 Å². The van der Waals surface area contributed by atoms with Crippen LogP contribution < -0.4 is 0 Å². The molecule has 0 fully saturated rings. The Hall–Kier alpha value is -1.48. The van der Waals surface area contributed by atoms with E-state index in [4.69, 9.17) is 11.6 Å². The molecule has 1 N–H and O–H groups in total. The highest BCUT2D eigenvalue weighted by Gasteiger charge is 2.03. The number of halogens is 1. The van der Waals surface area contributed by atoms with Crippen LogP contribution in [0.5, 0.6) is 0 Å². The molecular formula is C9H6ClN3. The number of imidazole rings is 2. The fourth-order valence-corrected chi connectivity index (χ4v) is 1.69. The van der Waals surface area contributed by atoms with E-state index in [1.165, 1.54) is 0 Å². The molecule has 13 heavy (non-hydrogen) atoms. The molecule has 0 saturated heterocycles. The predicted molar refractivity (Wildman–Crippen MR) is 52.1 cm³/mol. The molecular weight excluding hydrogens is 186 g/mol. The van der Waals surface area contributed by atoms with Crippen molar-refractivity contribution < 1.29 is 0 Å². The normalized spacial score (nSPS) is 11.5. The summed E-state index contributed by atoms with van der Waals surface area (Å²) in [6, 6.07) is 5.73. The number of nitrogens with one attached hydrogen (secondary N) is 1. The molecule has 2 heterocycles.